The Bertz CT molecular complexity index is 413. The monoisotopic (exact) mass is 230 g/mol. The third kappa shape index (κ3) is 3.64. The maximum absolute atomic E-state index is 12.3. The number of nitrogens with one attached hydrogen (secondary N) is 1. The Kier molecular flexibility index (Phi) is 3.55. The molecule has 0 atom stereocenters. The van der Waals surface area contributed by atoms with Crippen LogP contribution in [0.4, 0.5) is 18.0 Å². The molecule has 0 saturated heterocycles. The Hall–Kier alpha value is -1.98. The van der Waals surface area contributed by atoms with Crippen molar-refractivity contribution in [2.45, 2.75) is 6.18 Å². The zero-order valence-corrected chi connectivity index (χ0v) is 8.08. The average molecular weight is 230 g/mol. The molecule has 2 amide bonds. The first-order chi connectivity index (χ1) is 7.39. The minimum Gasteiger partial charge on any atom is -0.351 e. The Labute approximate surface area is 89.7 Å². The van der Waals surface area contributed by atoms with E-state index in [0.717, 1.165) is 12.1 Å². The normalized spacial score (nSPS) is 11.7. The zero-order valence-electron chi connectivity index (χ0n) is 8.08. The predicted octanol–water partition coefficient (Wildman–Crippen LogP) is 2.34. The molecule has 0 unspecified atom stereocenters. The highest BCUT2D eigenvalue weighted by molar-refractivity contribution is 5.73. The van der Waals surface area contributed by atoms with Crippen molar-refractivity contribution in [3.63, 3.8) is 0 Å². The number of urea groups is 1. The van der Waals surface area contributed by atoms with Crippen molar-refractivity contribution in [2.24, 2.45) is 5.73 Å². The second kappa shape index (κ2) is 4.69. The second-order valence-corrected chi connectivity index (χ2v) is 2.97. The molecule has 1 aromatic rings. The Morgan fingerprint density at radius 3 is 2.62 bits per heavy atom. The molecular weight excluding hydrogens is 221 g/mol. The molecule has 0 aliphatic heterocycles. The number of halogens is 3. The van der Waals surface area contributed by atoms with Gasteiger partial charge in [-0.05, 0) is 23.8 Å². The van der Waals surface area contributed by atoms with E-state index in [1.807, 2.05) is 0 Å². The highest BCUT2D eigenvalue weighted by atomic mass is 19.4. The van der Waals surface area contributed by atoms with Crippen LogP contribution < -0.4 is 11.1 Å². The van der Waals surface area contributed by atoms with Crippen molar-refractivity contribution < 1.29 is 18.0 Å². The van der Waals surface area contributed by atoms with E-state index >= 15 is 0 Å². The van der Waals surface area contributed by atoms with Gasteiger partial charge in [-0.1, -0.05) is 12.1 Å². The van der Waals surface area contributed by atoms with Gasteiger partial charge in [-0.2, -0.15) is 13.2 Å². The molecule has 1 aromatic carbocycles. The summed E-state index contributed by atoms with van der Waals surface area (Å²) in [5.41, 5.74) is 4.36. The summed E-state index contributed by atoms with van der Waals surface area (Å²) in [6.45, 7) is 0. The fraction of sp³-hybridized carbons (Fsp3) is 0.100. The Balaban J connectivity index is 2.83. The maximum atomic E-state index is 12.3. The maximum Gasteiger partial charge on any atom is 0.416 e. The van der Waals surface area contributed by atoms with E-state index < -0.39 is 17.8 Å². The van der Waals surface area contributed by atoms with Crippen molar-refractivity contribution in [1.82, 2.24) is 5.32 Å². The molecule has 0 radical (unpaired) electrons. The van der Waals surface area contributed by atoms with Gasteiger partial charge in [0.25, 0.3) is 0 Å². The minimum absolute atomic E-state index is 0.323. The number of alkyl halides is 3. The van der Waals surface area contributed by atoms with Gasteiger partial charge >= 0.3 is 12.2 Å². The summed E-state index contributed by atoms with van der Waals surface area (Å²) in [6, 6.07) is 3.93. The molecule has 0 fully saturated rings. The number of primary amides is 1. The molecule has 0 aromatic heterocycles. The van der Waals surface area contributed by atoms with Crippen molar-refractivity contribution in [1.29, 1.82) is 0 Å². The third-order valence-corrected chi connectivity index (χ3v) is 1.72. The quantitative estimate of drug-likeness (QED) is 0.804. The molecule has 0 aliphatic rings. The van der Waals surface area contributed by atoms with Crippen molar-refractivity contribution in [3.05, 3.63) is 41.6 Å². The largest absolute Gasteiger partial charge is 0.416 e. The Morgan fingerprint density at radius 1 is 1.38 bits per heavy atom. The molecule has 3 nitrogen and oxygen atoms in total. The van der Waals surface area contributed by atoms with E-state index in [9.17, 15) is 18.0 Å². The van der Waals surface area contributed by atoms with E-state index in [1.54, 1.807) is 0 Å². The highest BCUT2D eigenvalue weighted by Gasteiger charge is 2.30. The van der Waals surface area contributed by atoms with Gasteiger partial charge in [0.15, 0.2) is 0 Å². The molecule has 0 saturated carbocycles. The molecule has 1 rings (SSSR count). The molecule has 6 heteroatoms. The van der Waals surface area contributed by atoms with Crippen LogP contribution in [0.15, 0.2) is 30.5 Å². The van der Waals surface area contributed by atoms with Crippen molar-refractivity contribution in [3.8, 4) is 0 Å². The van der Waals surface area contributed by atoms with Crippen molar-refractivity contribution >= 4 is 12.1 Å². The molecule has 86 valence electrons. The number of benzene rings is 1. The number of hydrogen-bond donors (Lipinski definition) is 2. The summed E-state index contributed by atoms with van der Waals surface area (Å²) in [6.07, 6.45) is -1.88. The average Bonchev–Trinajstić information content (AvgIpc) is 2.16. The lowest BCUT2D eigenvalue weighted by Crippen LogP contribution is -2.23. The number of carbonyl (C=O) groups excluding carboxylic acids is 1. The lowest BCUT2D eigenvalue weighted by Gasteiger charge is -2.06. The van der Waals surface area contributed by atoms with Gasteiger partial charge in [-0.3, -0.25) is 0 Å². The van der Waals surface area contributed by atoms with Crippen LogP contribution in [0, 0.1) is 0 Å². The van der Waals surface area contributed by atoms with Crippen LogP contribution in [0.5, 0.6) is 0 Å². The summed E-state index contributed by atoms with van der Waals surface area (Å²) in [4.78, 5) is 10.3. The second-order valence-electron chi connectivity index (χ2n) is 2.97. The fourth-order valence-corrected chi connectivity index (χ4v) is 1.04. The van der Waals surface area contributed by atoms with Crippen LogP contribution in [0.1, 0.15) is 11.1 Å². The van der Waals surface area contributed by atoms with Gasteiger partial charge in [-0.25, -0.2) is 4.79 Å². The smallest absolute Gasteiger partial charge is 0.351 e. The van der Waals surface area contributed by atoms with Crippen LogP contribution in [0.2, 0.25) is 0 Å². The van der Waals surface area contributed by atoms with Crippen LogP contribution >= 0.6 is 0 Å². The van der Waals surface area contributed by atoms with Gasteiger partial charge in [-0.15, -0.1) is 0 Å². The van der Waals surface area contributed by atoms with E-state index in [1.165, 1.54) is 24.4 Å². The first-order valence-electron chi connectivity index (χ1n) is 4.29. The molecule has 0 bridgehead atoms. The van der Waals surface area contributed by atoms with E-state index in [4.69, 9.17) is 5.73 Å². The van der Waals surface area contributed by atoms with Gasteiger partial charge in [0.2, 0.25) is 0 Å². The predicted molar refractivity (Wildman–Crippen MR) is 53.2 cm³/mol. The molecular formula is C10H9F3N2O. The third-order valence-electron chi connectivity index (χ3n) is 1.72. The number of amides is 2. The topological polar surface area (TPSA) is 55.1 Å². The standard InChI is InChI=1S/C10H9F3N2O/c11-10(12,13)8-3-1-2-7(6-8)4-5-15-9(14)16/h1-6H,(H3,14,15,16)/b5-4+. The van der Waals surface area contributed by atoms with Gasteiger partial charge < -0.3 is 11.1 Å². The molecule has 0 heterocycles. The number of rotatable bonds is 2. The number of carbonyl (C=O) groups is 1. The lowest BCUT2D eigenvalue weighted by atomic mass is 10.1. The van der Waals surface area contributed by atoms with E-state index in [2.05, 4.69) is 5.32 Å². The molecule has 0 aliphatic carbocycles. The van der Waals surface area contributed by atoms with E-state index in [-0.39, 0.29) is 0 Å². The first kappa shape index (κ1) is 12.1. The molecule has 0 spiro atoms. The molecule has 3 N–H and O–H groups in total. The summed E-state index contributed by atoms with van der Waals surface area (Å²) in [7, 11) is 0. The van der Waals surface area contributed by atoms with Crippen LogP contribution in [-0.2, 0) is 6.18 Å². The van der Waals surface area contributed by atoms with Crippen LogP contribution in [0.3, 0.4) is 0 Å². The summed E-state index contributed by atoms with van der Waals surface area (Å²) in [5, 5.41) is 2.13. The minimum atomic E-state index is -4.37. The summed E-state index contributed by atoms with van der Waals surface area (Å²) >= 11 is 0. The SMILES string of the molecule is NC(=O)N/C=C/c1cccc(C(F)(F)F)c1. The Morgan fingerprint density at radius 2 is 2.06 bits per heavy atom. The van der Waals surface area contributed by atoms with E-state index in [0.29, 0.717) is 5.56 Å². The first-order valence-corrected chi connectivity index (χ1v) is 4.29. The molecule has 16 heavy (non-hydrogen) atoms. The zero-order chi connectivity index (χ0) is 12.2. The van der Waals surface area contributed by atoms with Gasteiger partial charge in [0.1, 0.15) is 0 Å². The van der Waals surface area contributed by atoms with Crippen LogP contribution in [-0.4, -0.2) is 6.03 Å². The lowest BCUT2D eigenvalue weighted by molar-refractivity contribution is -0.137. The van der Waals surface area contributed by atoms with Crippen molar-refractivity contribution in [2.75, 3.05) is 0 Å². The number of hydrogen-bond acceptors (Lipinski definition) is 1. The fourth-order valence-electron chi connectivity index (χ4n) is 1.04. The van der Waals surface area contributed by atoms with Gasteiger partial charge in [0, 0.05) is 6.20 Å². The summed E-state index contributed by atoms with van der Waals surface area (Å²) < 4.78 is 36.9. The van der Waals surface area contributed by atoms with Crippen LogP contribution in [0.25, 0.3) is 6.08 Å². The summed E-state index contributed by atoms with van der Waals surface area (Å²) in [5.74, 6) is 0. The highest BCUT2D eigenvalue weighted by Crippen LogP contribution is 2.29. The number of nitrogens with two attached hydrogens (primary N) is 1. The van der Waals surface area contributed by atoms with Gasteiger partial charge in [0.05, 0.1) is 5.56 Å².